The fourth-order valence-electron chi connectivity index (χ4n) is 1.86. The fourth-order valence-corrected chi connectivity index (χ4v) is 1.86. The van der Waals surface area contributed by atoms with Crippen molar-refractivity contribution >= 4 is 5.69 Å². The molecule has 0 fully saturated rings. The molecule has 3 nitrogen and oxygen atoms in total. The maximum Gasteiger partial charge on any atom is 0.0383 e. The van der Waals surface area contributed by atoms with Crippen molar-refractivity contribution in [3.63, 3.8) is 0 Å². The molecule has 18 heavy (non-hydrogen) atoms. The Morgan fingerprint density at radius 3 is 2.44 bits per heavy atom. The Hall–Kier alpha value is -1.06. The highest BCUT2D eigenvalue weighted by Crippen LogP contribution is 2.13. The van der Waals surface area contributed by atoms with Gasteiger partial charge in [0.05, 0.1) is 0 Å². The molecule has 0 spiro atoms. The quantitative estimate of drug-likeness (QED) is 0.662. The van der Waals surface area contributed by atoms with Gasteiger partial charge in [0.25, 0.3) is 0 Å². The van der Waals surface area contributed by atoms with Crippen molar-refractivity contribution < 1.29 is 0 Å². The van der Waals surface area contributed by atoms with E-state index in [2.05, 4.69) is 61.0 Å². The van der Waals surface area contributed by atoms with Gasteiger partial charge >= 0.3 is 0 Å². The molecule has 0 aliphatic rings. The van der Waals surface area contributed by atoms with Gasteiger partial charge in [0.2, 0.25) is 0 Å². The van der Waals surface area contributed by atoms with Crippen molar-refractivity contribution in [3.05, 3.63) is 29.8 Å². The molecule has 1 rings (SSSR count). The van der Waals surface area contributed by atoms with Crippen LogP contribution in [-0.2, 0) is 6.54 Å². The SMILES string of the molecule is CNc1ccccc1CNC(C)CNCC(C)C. The molecule has 0 saturated carbocycles. The summed E-state index contributed by atoms with van der Waals surface area (Å²) < 4.78 is 0. The van der Waals surface area contributed by atoms with Gasteiger partial charge in [0.1, 0.15) is 0 Å². The van der Waals surface area contributed by atoms with Gasteiger partial charge in [-0.15, -0.1) is 0 Å². The average Bonchev–Trinajstić information content (AvgIpc) is 2.36. The van der Waals surface area contributed by atoms with Crippen molar-refractivity contribution in [1.82, 2.24) is 10.6 Å². The molecular weight excluding hydrogens is 222 g/mol. The lowest BCUT2D eigenvalue weighted by atomic mass is 10.1. The molecule has 0 radical (unpaired) electrons. The molecule has 3 heteroatoms. The van der Waals surface area contributed by atoms with Crippen molar-refractivity contribution in [2.24, 2.45) is 5.92 Å². The summed E-state index contributed by atoms with van der Waals surface area (Å²) in [5.74, 6) is 0.710. The van der Waals surface area contributed by atoms with Crippen molar-refractivity contribution in [1.29, 1.82) is 0 Å². The maximum absolute atomic E-state index is 3.54. The molecular formula is C15H27N3. The summed E-state index contributed by atoms with van der Waals surface area (Å²) in [5, 5.41) is 10.2. The van der Waals surface area contributed by atoms with Crippen LogP contribution in [0.25, 0.3) is 0 Å². The number of hydrogen-bond acceptors (Lipinski definition) is 3. The maximum atomic E-state index is 3.54. The van der Waals surface area contributed by atoms with Crippen LogP contribution in [0.2, 0.25) is 0 Å². The largest absolute Gasteiger partial charge is 0.388 e. The van der Waals surface area contributed by atoms with Crippen molar-refractivity contribution in [2.75, 3.05) is 25.5 Å². The van der Waals surface area contributed by atoms with E-state index < -0.39 is 0 Å². The van der Waals surface area contributed by atoms with Gasteiger partial charge in [-0.2, -0.15) is 0 Å². The number of benzene rings is 1. The molecule has 0 bridgehead atoms. The van der Waals surface area contributed by atoms with Gasteiger partial charge < -0.3 is 16.0 Å². The molecule has 0 saturated heterocycles. The fraction of sp³-hybridized carbons (Fsp3) is 0.600. The third kappa shape index (κ3) is 5.52. The van der Waals surface area contributed by atoms with Gasteiger partial charge in [-0.05, 0) is 31.0 Å². The van der Waals surface area contributed by atoms with E-state index >= 15 is 0 Å². The zero-order valence-corrected chi connectivity index (χ0v) is 12.1. The van der Waals surface area contributed by atoms with Gasteiger partial charge in [-0.25, -0.2) is 0 Å². The minimum absolute atomic E-state index is 0.480. The van der Waals surface area contributed by atoms with E-state index in [0.717, 1.165) is 19.6 Å². The van der Waals surface area contributed by atoms with Gasteiger partial charge in [0, 0.05) is 31.9 Å². The monoisotopic (exact) mass is 249 g/mol. The van der Waals surface area contributed by atoms with Crippen molar-refractivity contribution in [2.45, 2.75) is 33.4 Å². The number of rotatable bonds is 8. The zero-order valence-electron chi connectivity index (χ0n) is 12.1. The summed E-state index contributed by atoms with van der Waals surface area (Å²) in [6, 6.07) is 8.89. The molecule has 102 valence electrons. The lowest BCUT2D eigenvalue weighted by molar-refractivity contribution is 0.472. The number of hydrogen-bond donors (Lipinski definition) is 3. The van der Waals surface area contributed by atoms with Crippen LogP contribution in [0.3, 0.4) is 0 Å². The van der Waals surface area contributed by atoms with Crippen LogP contribution in [-0.4, -0.2) is 26.2 Å². The highest BCUT2D eigenvalue weighted by Gasteiger charge is 2.04. The minimum Gasteiger partial charge on any atom is -0.388 e. The van der Waals surface area contributed by atoms with E-state index in [9.17, 15) is 0 Å². The van der Waals surface area contributed by atoms with Crippen LogP contribution < -0.4 is 16.0 Å². The Balaban J connectivity index is 2.31. The molecule has 0 aliphatic heterocycles. The first-order chi connectivity index (χ1) is 8.63. The van der Waals surface area contributed by atoms with E-state index in [0.29, 0.717) is 12.0 Å². The lowest BCUT2D eigenvalue weighted by Crippen LogP contribution is -2.37. The molecule has 0 amide bonds. The van der Waals surface area contributed by atoms with E-state index in [-0.39, 0.29) is 0 Å². The van der Waals surface area contributed by atoms with Crippen LogP contribution >= 0.6 is 0 Å². The molecule has 0 aliphatic carbocycles. The summed E-state index contributed by atoms with van der Waals surface area (Å²) in [6.45, 7) is 9.68. The molecule has 0 heterocycles. The second-order valence-corrected chi connectivity index (χ2v) is 5.24. The highest BCUT2D eigenvalue weighted by molar-refractivity contribution is 5.50. The second-order valence-electron chi connectivity index (χ2n) is 5.24. The Labute approximate surface area is 111 Å². The Morgan fingerprint density at radius 2 is 1.78 bits per heavy atom. The third-order valence-electron chi connectivity index (χ3n) is 2.93. The van der Waals surface area contributed by atoms with Crippen LogP contribution in [0.15, 0.2) is 24.3 Å². The summed E-state index contributed by atoms with van der Waals surface area (Å²) in [7, 11) is 1.96. The molecule has 1 aromatic carbocycles. The van der Waals surface area contributed by atoms with E-state index in [1.165, 1.54) is 11.3 Å². The topological polar surface area (TPSA) is 36.1 Å². The summed E-state index contributed by atoms with van der Waals surface area (Å²) in [6.07, 6.45) is 0. The summed E-state index contributed by atoms with van der Waals surface area (Å²) >= 11 is 0. The van der Waals surface area contributed by atoms with Gasteiger partial charge in [0.15, 0.2) is 0 Å². The Kier molecular flexibility index (Phi) is 6.76. The highest BCUT2D eigenvalue weighted by atomic mass is 15.0. The predicted octanol–water partition coefficient (Wildman–Crippen LogP) is 2.45. The van der Waals surface area contributed by atoms with Crippen LogP contribution in [0, 0.1) is 5.92 Å². The van der Waals surface area contributed by atoms with Crippen LogP contribution in [0.5, 0.6) is 0 Å². The summed E-state index contributed by atoms with van der Waals surface area (Å²) in [5.41, 5.74) is 2.52. The van der Waals surface area contributed by atoms with E-state index in [4.69, 9.17) is 0 Å². The average molecular weight is 249 g/mol. The van der Waals surface area contributed by atoms with E-state index in [1.807, 2.05) is 7.05 Å². The molecule has 1 aromatic rings. The van der Waals surface area contributed by atoms with E-state index in [1.54, 1.807) is 0 Å². The van der Waals surface area contributed by atoms with Crippen molar-refractivity contribution in [3.8, 4) is 0 Å². The van der Waals surface area contributed by atoms with Crippen LogP contribution in [0.4, 0.5) is 5.69 Å². The first-order valence-electron chi connectivity index (χ1n) is 6.83. The normalized spacial score (nSPS) is 12.7. The first-order valence-corrected chi connectivity index (χ1v) is 6.83. The predicted molar refractivity (Wildman–Crippen MR) is 80.0 cm³/mol. The molecule has 1 unspecified atom stereocenters. The smallest absolute Gasteiger partial charge is 0.0383 e. The first kappa shape index (κ1) is 15.0. The Bertz CT molecular complexity index is 336. The van der Waals surface area contributed by atoms with Gasteiger partial charge in [-0.1, -0.05) is 32.0 Å². The molecule has 0 aromatic heterocycles. The summed E-state index contributed by atoms with van der Waals surface area (Å²) in [4.78, 5) is 0. The number of anilines is 1. The van der Waals surface area contributed by atoms with Gasteiger partial charge in [-0.3, -0.25) is 0 Å². The molecule has 1 atom stereocenters. The van der Waals surface area contributed by atoms with Crippen LogP contribution in [0.1, 0.15) is 26.3 Å². The number of para-hydroxylation sites is 1. The molecule has 3 N–H and O–H groups in total. The minimum atomic E-state index is 0.480. The Morgan fingerprint density at radius 1 is 1.06 bits per heavy atom. The number of nitrogens with one attached hydrogen (secondary N) is 3. The standard InChI is InChI=1S/C15H27N3/c1-12(2)9-17-10-13(3)18-11-14-7-5-6-8-15(14)16-4/h5-8,12-13,16-18H,9-11H2,1-4H3. The second kappa shape index (κ2) is 8.11. The lowest BCUT2D eigenvalue weighted by Gasteiger charge is -2.17. The third-order valence-corrected chi connectivity index (χ3v) is 2.93. The zero-order chi connectivity index (χ0) is 13.4.